The van der Waals surface area contributed by atoms with Gasteiger partial charge in [0.05, 0.1) is 42.4 Å². The van der Waals surface area contributed by atoms with Crippen LogP contribution in [0.1, 0.15) is 54.5 Å². The van der Waals surface area contributed by atoms with Crippen molar-refractivity contribution in [3.63, 3.8) is 0 Å². The Kier molecular flexibility index (Phi) is 11.9. The number of carboxylic acid groups (broad SMARTS) is 1. The summed E-state index contributed by atoms with van der Waals surface area (Å²) in [6.07, 6.45) is 8.46. The Morgan fingerprint density at radius 2 is 1.98 bits per heavy atom. The van der Waals surface area contributed by atoms with Gasteiger partial charge in [-0.25, -0.2) is 0 Å². The molecule has 0 bridgehead atoms. The number of aliphatic carboxylic acids is 1. The van der Waals surface area contributed by atoms with Gasteiger partial charge in [0.25, 0.3) is 0 Å². The third kappa shape index (κ3) is 8.62. The highest BCUT2D eigenvalue weighted by molar-refractivity contribution is 6.34. The molecule has 1 aliphatic heterocycles. The second kappa shape index (κ2) is 16.4. The molecule has 11 nitrogen and oxygen atoms in total. The highest BCUT2D eigenvalue weighted by Crippen LogP contribution is 2.47. The summed E-state index contributed by atoms with van der Waals surface area (Å²) < 4.78 is 19.0. The molecule has 0 amide bonds. The number of aliphatic hydroxyl groups excluding tert-OH is 2. The van der Waals surface area contributed by atoms with E-state index < -0.39 is 23.2 Å². The molecule has 2 heterocycles. The van der Waals surface area contributed by atoms with Crippen molar-refractivity contribution in [2.24, 2.45) is 0 Å². The number of hydrogen-bond donors (Lipinski definition) is 4. The zero-order valence-electron chi connectivity index (χ0n) is 28.9. The fourth-order valence-corrected chi connectivity index (χ4v) is 7.21. The van der Waals surface area contributed by atoms with E-state index in [1.807, 2.05) is 30.3 Å². The van der Waals surface area contributed by atoms with E-state index in [9.17, 15) is 25.4 Å². The molecule has 1 saturated heterocycles. The van der Waals surface area contributed by atoms with E-state index in [-0.39, 0.29) is 31.8 Å². The quantitative estimate of drug-likeness (QED) is 0.108. The fourth-order valence-electron chi connectivity index (χ4n) is 6.63. The number of nitriles is 1. The SMILES string of the molecule is C[C@@](CO)(NCC1=C(OCc2cncc(C#N)c2)CC(Cl)(O[C@H]2CCc3c(-c4cccc(OCCCN5CC(O)C5)c4Cl)cccc32)C=C1)C(=O)O. The number of carbonyl (C=O) groups is 1. The van der Waals surface area contributed by atoms with Crippen molar-refractivity contribution in [3.05, 3.63) is 106 Å². The molecule has 2 aromatic carbocycles. The van der Waals surface area contributed by atoms with E-state index in [2.05, 4.69) is 27.3 Å². The maximum Gasteiger partial charge on any atom is 0.326 e. The molecule has 274 valence electrons. The normalized spacial score (nSPS) is 21.3. The Morgan fingerprint density at radius 1 is 1.19 bits per heavy atom. The van der Waals surface area contributed by atoms with E-state index in [0.29, 0.717) is 59.3 Å². The van der Waals surface area contributed by atoms with Gasteiger partial charge in [-0.05, 0) is 61.1 Å². The molecule has 3 aromatic rings. The lowest BCUT2D eigenvalue weighted by molar-refractivity contribution is -0.145. The molecule has 52 heavy (non-hydrogen) atoms. The Morgan fingerprint density at radius 3 is 2.73 bits per heavy atom. The number of carboxylic acids is 1. The second-order valence-electron chi connectivity index (χ2n) is 13.6. The van der Waals surface area contributed by atoms with Crippen molar-refractivity contribution in [2.45, 2.75) is 62.0 Å². The zero-order valence-corrected chi connectivity index (χ0v) is 30.4. The first-order chi connectivity index (χ1) is 25.0. The number of nitrogens with one attached hydrogen (secondary N) is 1. The highest BCUT2D eigenvalue weighted by Gasteiger charge is 2.39. The minimum absolute atomic E-state index is 0.0837. The maximum atomic E-state index is 11.8. The number of benzene rings is 2. The maximum absolute atomic E-state index is 11.8. The summed E-state index contributed by atoms with van der Waals surface area (Å²) in [4.78, 5) is 18.1. The first kappa shape index (κ1) is 37.8. The molecule has 6 rings (SSSR count). The third-order valence-electron chi connectivity index (χ3n) is 9.71. The summed E-state index contributed by atoms with van der Waals surface area (Å²) in [5.74, 6) is -0.0800. The smallest absolute Gasteiger partial charge is 0.326 e. The molecule has 0 spiro atoms. The lowest BCUT2D eigenvalue weighted by atomic mass is 9.96. The molecule has 1 aromatic heterocycles. The van der Waals surface area contributed by atoms with Gasteiger partial charge in [-0.2, -0.15) is 5.26 Å². The number of likely N-dealkylation sites (tertiary alicyclic amines) is 1. The van der Waals surface area contributed by atoms with E-state index in [4.69, 9.17) is 37.4 Å². The molecule has 0 radical (unpaired) electrons. The number of pyridine rings is 1. The van der Waals surface area contributed by atoms with Crippen LogP contribution in [0.5, 0.6) is 5.75 Å². The van der Waals surface area contributed by atoms with Crippen molar-refractivity contribution in [2.75, 3.05) is 39.4 Å². The fraction of sp³-hybridized carbons (Fsp3) is 0.410. The predicted octanol–water partition coefficient (Wildman–Crippen LogP) is 5.51. The summed E-state index contributed by atoms with van der Waals surface area (Å²) in [6.45, 7) is 3.78. The first-order valence-corrected chi connectivity index (χ1v) is 18.0. The van der Waals surface area contributed by atoms with Crippen molar-refractivity contribution >= 4 is 29.2 Å². The van der Waals surface area contributed by atoms with Crippen molar-refractivity contribution in [1.82, 2.24) is 15.2 Å². The van der Waals surface area contributed by atoms with Crippen LogP contribution >= 0.6 is 23.2 Å². The minimum Gasteiger partial charge on any atom is -0.493 e. The number of β-amino-alcohol motifs (C(OH)–C–C–N with tert-alkyl or cyclic N) is 1. The molecule has 3 atom stereocenters. The summed E-state index contributed by atoms with van der Waals surface area (Å²) in [5.41, 5.74) is 4.19. The van der Waals surface area contributed by atoms with Crippen molar-refractivity contribution in [1.29, 1.82) is 5.26 Å². The topological polar surface area (TPSA) is 157 Å². The van der Waals surface area contributed by atoms with Crippen LogP contribution in [0.3, 0.4) is 0 Å². The first-order valence-electron chi connectivity index (χ1n) is 17.3. The van der Waals surface area contributed by atoms with Gasteiger partial charge in [-0.1, -0.05) is 59.6 Å². The average Bonchev–Trinajstić information content (AvgIpc) is 3.53. The number of hydrogen-bond acceptors (Lipinski definition) is 10. The number of aliphatic hydroxyl groups is 2. The lowest BCUT2D eigenvalue weighted by Gasteiger charge is -2.35. The Bertz CT molecular complexity index is 1890. The lowest BCUT2D eigenvalue weighted by Crippen LogP contribution is -2.53. The molecule has 4 N–H and O–H groups in total. The van der Waals surface area contributed by atoms with Gasteiger partial charge in [-0.3, -0.25) is 20.0 Å². The monoisotopic (exact) mass is 748 g/mol. The van der Waals surface area contributed by atoms with Crippen LogP contribution in [0.15, 0.2) is 78.3 Å². The van der Waals surface area contributed by atoms with Gasteiger partial charge in [0.2, 0.25) is 0 Å². The summed E-state index contributed by atoms with van der Waals surface area (Å²) in [5, 5.41) is 40.4. The summed E-state index contributed by atoms with van der Waals surface area (Å²) in [6, 6.07) is 15.7. The van der Waals surface area contributed by atoms with Crippen LogP contribution in [-0.4, -0.2) is 87.3 Å². The average molecular weight is 750 g/mol. The Hall–Kier alpha value is -3.99. The number of fused-ring (bicyclic) bond motifs is 1. The van der Waals surface area contributed by atoms with E-state index in [0.717, 1.165) is 41.6 Å². The highest BCUT2D eigenvalue weighted by atomic mass is 35.5. The van der Waals surface area contributed by atoms with E-state index in [1.165, 1.54) is 13.1 Å². The van der Waals surface area contributed by atoms with Crippen LogP contribution in [-0.2, 0) is 27.3 Å². The van der Waals surface area contributed by atoms with Gasteiger partial charge >= 0.3 is 5.97 Å². The standard InChI is InChI=1S/C39H42Cl2N4O7/c1-38(24-46,37(48)49)44-20-27-11-12-39(41,16-35(27)51-23-26-15-25(17-42)18-43-19-26)52-33-10-9-30-29(5-2-6-31(30)33)32-7-3-8-34(36(32)40)50-14-4-13-45-21-28(47)22-45/h2-3,5-8,11-12,15,18-19,28,33,44,46-47H,4,9-10,13-14,16,20-24H2,1H3,(H,48,49)/t33-,38-,39?/m0/s1. The zero-order chi connectivity index (χ0) is 36.9. The van der Waals surface area contributed by atoms with Crippen LogP contribution in [0.25, 0.3) is 11.1 Å². The van der Waals surface area contributed by atoms with Gasteiger partial charge in [0.15, 0.2) is 5.06 Å². The van der Waals surface area contributed by atoms with Crippen LogP contribution in [0, 0.1) is 11.3 Å². The van der Waals surface area contributed by atoms with E-state index >= 15 is 0 Å². The Balaban J connectivity index is 1.17. The van der Waals surface area contributed by atoms with Crippen LogP contribution in [0.2, 0.25) is 5.02 Å². The van der Waals surface area contributed by atoms with Crippen molar-refractivity contribution in [3.8, 4) is 22.9 Å². The number of alkyl halides is 1. The van der Waals surface area contributed by atoms with Gasteiger partial charge in [0.1, 0.15) is 29.7 Å². The second-order valence-corrected chi connectivity index (χ2v) is 14.6. The van der Waals surface area contributed by atoms with Gasteiger partial charge in [0, 0.05) is 55.3 Å². The van der Waals surface area contributed by atoms with E-state index in [1.54, 1.807) is 24.4 Å². The molecule has 0 saturated carbocycles. The molecule has 1 fully saturated rings. The van der Waals surface area contributed by atoms with Crippen molar-refractivity contribution < 1.29 is 34.3 Å². The number of rotatable bonds is 16. The largest absolute Gasteiger partial charge is 0.493 e. The molecular formula is C39H42Cl2N4O7. The summed E-state index contributed by atoms with van der Waals surface area (Å²) >= 11 is 14.1. The molecule has 3 aliphatic rings. The van der Waals surface area contributed by atoms with Crippen LogP contribution in [0.4, 0.5) is 0 Å². The minimum atomic E-state index is -1.57. The predicted molar refractivity (Wildman–Crippen MR) is 196 cm³/mol. The number of halogens is 2. The molecule has 2 aliphatic carbocycles. The number of ether oxygens (including phenoxy) is 3. The molecule has 13 heteroatoms. The van der Waals surface area contributed by atoms with Crippen LogP contribution < -0.4 is 10.1 Å². The Labute approximate surface area is 313 Å². The van der Waals surface area contributed by atoms with Gasteiger partial charge < -0.3 is 29.5 Å². The molecular weight excluding hydrogens is 707 g/mol. The van der Waals surface area contributed by atoms with Gasteiger partial charge in [-0.15, -0.1) is 0 Å². The number of nitrogens with zero attached hydrogens (tertiary/aromatic N) is 3. The summed E-state index contributed by atoms with van der Waals surface area (Å²) in [7, 11) is 0. The third-order valence-corrected chi connectivity index (χ3v) is 10.4. The number of aromatic nitrogens is 1. The molecule has 1 unspecified atom stereocenters.